The van der Waals surface area contributed by atoms with E-state index in [2.05, 4.69) is 56.9 Å². The zero-order chi connectivity index (χ0) is 16.9. The number of nitrogens with zero attached hydrogens (tertiary/aromatic N) is 1. The maximum absolute atomic E-state index is 6.15. The summed E-state index contributed by atoms with van der Waals surface area (Å²) in [7, 11) is -0.284. The van der Waals surface area contributed by atoms with Gasteiger partial charge in [-0.2, -0.15) is 0 Å². The molecular weight excluding hydrogens is 301 g/mol. The Bertz CT molecular complexity index is 563. The molecule has 1 aromatic carbocycles. The van der Waals surface area contributed by atoms with Crippen molar-refractivity contribution < 1.29 is 14.0 Å². The van der Waals surface area contributed by atoms with Gasteiger partial charge in [-0.1, -0.05) is 12.1 Å². The van der Waals surface area contributed by atoms with Crippen LogP contribution in [0.4, 0.5) is 5.69 Å². The Morgan fingerprint density at radius 2 is 1.46 bits per heavy atom. The smallest absolute Gasteiger partial charge is 0.399 e. The average Bonchev–Trinajstić information content (AvgIpc) is 2.75. The summed E-state index contributed by atoms with van der Waals surface area (Å²) < 4.78 is 18.1. The monoisotopic (exact) mass is 329 g/mol. The molecule has 3 saturated heterocycles. The van der Waals surface area contributed by atoms with Crippen LogP contribution < -0.4 is 10.4 Å². The molecule has 0 aromatic heterocycles. The lowest BCUT2D eigenvalue weighted by atomic mass is 9.79. The molecule has 24 heavy (non-hydrogen) atoms. The Morgan fingerprint density at radius 3 is 2.00 bits per heavy atom. The van der Waals surface area contributed by atoms with Gasteiger partial charge in [0.1, 0.15) is 0 Å². The highest BCUT2D eigenvalue weighted by Crippen LogP contribution is 2.37. The molecule has 0 amide bonds. The van der Waals surface area contributed by atoms with Crippen LogP contribution in [0.3, 0.4) is 0 Å². The molecule has 3 fully saturated rings. The van der Waals surface area contributed by atoms with Crippen LogP contribution >= 0.6 is 0 Å². The van der Waals surface area contributed by atoms with E-state index in [-0.39, 0.29) is 18.3 Å². The first-order valence-electron chi connectivity index (χ1n) is 9.19. The van der Waals surface area contributed by atoms with Crippen molar-refractivity contribution in [3.05, 3.63) is 24.3 Å². The van der Waals surface area contributed by atoms with Crippen LogP contribution in [0, 0.1) is 0 Å². The zero-order valence-corrected chi connectivity index (χ0v) is 15.2. The molecule has 0 saturated carbocycles. The topological polar surface area (TPSA) is 30.9 Å². The molecule has 5 heteroatoms. The fourth-order valence-corrected chi connectivity index (χ4v) is 4.04. The zero-order valence-electron chi connectivity index (χ0n) is 15.2. The summed E-state index contributed by atoms with van der Waals surface area (Å²) in [6.07, 6.45) is 3.78. The molecule has 0 radical (unpaired) electrons. The van der Waals surface area contributed by atoms with Crippen molar-refractivity contribution in [1.29, 1.82) is 0 Å². The third-order valence-electron chi connectivity index (χ3n) is 6.20. The van der Waals surface area contributed by atoms with Crippen LogP contribution in [0.25, 0.3) is 0 Å². The Hall–Kier alpha value is -1.04. The van der Waals surface area contributed by atoms with Gasteiger partial charge < -0.3 is 18.9 Å². The van der Waals surface area contributed by atoms with Crippen molar-refractivity contribution in [2.75, 3.05) is 18.1 Å². The second kappa shape index (κ2) is 5.75. The normalized spacial score (nSPS) is 31.3. The third-order valence-corrected chi connectivity index (χ3v) is 6.20. The summed E-state index contributed by atoms with van der Waals surface area (Å²) in [5.74, 6) is 0. The molecule has 2 atom stereocenters. The van der Waals surface area contributed by atoms with Gasteiger partial charge in [-0.25, -0.2) is 0 Å². The number of hydrogen-bond donors (Lipinski definition) is 0. The summed E-state index contributed by atoms with van der Waals surface area (Å²) in [4.78, 5) is 2.57. The second-order valence-corrected chi connectivity index (χ2v) is 8.36. The molecule has 0 unspecified atom stereocenters. The molecule has 0 aliphatic carbocycles. The lowest BCUT2D eigenvalue weighted by molar-refractivity contribution is 0.00578. The first-order valence-corrected chi connectivity index (χ1v) is 9.19. The summed E-state index contributed by atoms with van der Waals surface area (Å²) in [6, 6.07) is 9.81. The minimum Gasteiger partial charge on any atom is -0.399 e. The average molecular weight is 329 g/mol. The summed E-state index contributed by atoms with van der Waals surface area (Å²) in [5, 5.41) is 0. The fourth-order valence-electron chi connectivity index (χ4n) is 4.04. The molecule has 4 rings (SSSR count). The van der Waals surface area contributed by atoms with Crippen LogP contribution in [-0.2, 0) is 14.0 Å². The van der Waals surface area contributed by atoms with Gasteiger partial charge in [-0.3, -0.25) is 0 Å². The van der Waals surface area contributed by atoms with E-state index in [1.54, 1.807) is 0 Å². The Kier molecular flexibility index (Phi) is 3.94. The van der Waals surface area contributed by atoms with E-state index < -0.39 is 0 Å². The van der Waals surface area contributed by atoms with E-state index in [0.717, 1.165) is 18.7 Å². The van der Waals surface area contributed by atoms with Gasteiger partial charge >= 0.3 is 7.12 Å². The molecule has 1 aromatic rings. The highest BCUT2D eigenvalue weighted by atomic mass is 16.7. The molecule has 4 nitrogen and oxygen atoms in total. The van der Waals surface area contributed by atoms with Crippen LogP contribution in [0.2, 0.25) is 0 Å². The number of benzene rings is 1. The third kappa shape index (κ3) is 2.67. The molecule has 130 valence electrons. The molecule has 0 N–H and O–H groups in total. The highest BCUT2D eigenvalue weighted by molar-refractivity contribution is 6.62. The summed E-state index contributed by atoms with van der Waals surface area (Å²) in [5.41, 5.74) is 1.80. The molecule has 3 aliphatic heterocycles. The van der Waals surface area contributed by atoms with Gasteiger partial charge in [0, 0.05) is 5.69 Å². The number of fused-ring (bicyclic) bond motifs is 2. The van der Waals surface area contributed by atoms with Gasteiger partial charge in [-0.15, -0.1) is 0 Å². The standard InChI is InChI=1S/C19H28BNO3/c1-18(2)19(3,4)24-20(23-18)14-8-10-15(11-9-14)21-16-6-5-7-17(21)13-22-12-16/h8-11,16-17H,5-7,12-13H2,1-4H3/t16-,17+. The van der Waals surface area contributed by atoms with E-state index in [4.69, 9.17) is 14.0 Å². The van der Waals surface area contributed by atoms with Gasteiger partial charge in [0.15, 0.2) is 0 Å². The lowest BCUT2D eigenvalue weighted by Gasteiger charge is -2.47. The maximum Gasteiger partial charge on any atom is 0.494 e. The van der Waals surface area contributed by atoms with E-state index in [1.165, 1.54) is 24.9 Å². The molecular formula is C19H28BNO3. The molecule has 2 bridgehead atoms. The van der Waals surface area contributed by atoms with E-state index >= 15 is 0 Å². The Balaban J connectivity index is 1.54. The van der Waals surface area contributed by atoms with Crippen molar-refractivity contribution in [1.82, 2.24) is 0 Å². The van der Waals surface area contributed by atoms with E-state index in [9.17, 15) is 0 Å². The van der Waals surface area contributed by atoms with Crippen LogP contribution in [0.15, 0.2) is 24.3 Å². The SMILES string of the molecule is CC1(C)OB(c2ccc(N3[C@@H]4CCC[C@H]3COC4)cc2)OC1(C)C. The first kappa shape index (κ1) is 16.4. The van der Waals surface area contributed by atoms with E-state index in [1.807, 2.05) is 0 Å². The maximum atomic E-state index is 6.15. The van der Waals surface area contributed by atoms with E-state index in [0.29, 0.717) is 12.1 Å². The van der Waals surface area contributed by atoms with Crippen molar-refractivity contribution in [2.45, 2.75) is 70.2 Å². The second-order valence-electron chi connectivity index (χ2n) is 8.36. The lowest BCUT2D eigenvalue weighted by Crippen LogP contribution is -2.55. The van der Waals surface area contributed by atoms with Crippen LogP contribution in [-0.4, -0.2) is 43.6 Å². The summed E-state index contributed by atoms with van der Waals surface area (Å²) >= 11 is 0. The van der Waals surface area contributed by atoms with Crippen molar-refractivity contribution in [2.24, 2.45) is 0 Å². The molecule has 0 spiro atoms. The highest BCUT2D eigenvalue weighted by Gasteiger charge is 2.51. The van der Waals surface area contributed by atoms with Gasteiger partial charge in [-0.05, 0) is 64.6 Å². The van der Waals surface area contributed by atoms with Crippen molar-refractivity contribution in [3.8, 4) is 0 Å². The number of anilines is 1. The minimum atomic E-state index is -0.294. The van der Waals surface area contributed by atoms with Gasteiger partial charge in [0.05, 0.1) is 36.5 Å². The number of piperidine rings is 1. The van der Waals surface area contributed by atoms with Crippen molar-refractivity contribution >= 4 is 18.3 Å². The molecule has 3 aliphatic rings. The quantitative estimate of drug-likeness (QED) is 0.781. The number of hydrogen-bond acceptors (Lipinski definition) is 4. The van der Waals surface area contributed by atoms with Crippen LogP contribution in [0.5, 0.6) is 0 Å². The minimum absolute atomic E-state index is 0.284. The first-order chi connectivity index (χ1) is 11.4. The predicted molar refractivity (Wildman–Crippen MR) is 96.9 cm³/mol. The van der Waals surface area contributed by atoms with Crippen molar-refractivity contribution in [3.63, 3.8) is 0 Å². The predicted octanol–water partition coefficient (Wildman–Crippen LogP) is 2.74. The molecule has 3 heterocycles. The van der Waals surface area contributed by atoms with Crippen LogP contribution in [0.1, 0.15) is 47.0 Å². The Morgan fingerprint density at radius 1 is 0.917 bits per heavy atom. The number of ether oxygens (including phenoxy) is 1. The number of morpholine rings is 1. The van der Waals surface area contributed by atoms with Gasteiger partial charge in [0.25, 0.3) is 0 Å². The fraction of sp³-hybridized carbons (Fsp3) is 0.684. The van der Waals surface area contributed by atoms with Gasteiger partial charge in [0.2, 0.25) is 0 Å². The Labute approximate surface area is 145 Å². The number of rotatable bonds is 2. The summed E-state index contributed by atoms with van der Waals surface area (Å²) in [6.45, 7) is 10.1. The largest absolute Gasteiger partial charge is 0.494 e.